The van der Waals surface area contributed by atoms with Gasteiger partial charge in [0.05, 0.1) is 6.61 Å². The largest absolute Gasteiger partial charge is 0.392 e. The van der Waals surface area contributed by atoms with E-state index in [0.29, 0.717) is 11.3 Å². The number of aliphatic hydroxyl groups excluding tert-OH is 1. The molecule has 1 saturated carbocycles. The molecule has 0 aromatic heterocycles. The van der Waals surface area contributed by atoms with Gasteiger partial charge in [0.25, 0.3) is 0 Å². The lowest BCUT2D eigenvalue weighted by atomic mass is 10.1. The van der Waals surface area contributed by atoms with Gasteiger partial charge in [0.15, 0.2) is 0 Å². The quantitative estimate of drug-likeness (QED) is 0.605. The van der Waals surface area contributed by atoms with E-state index in [1.54, 1.807) is 0 Å². The Bertz CT molecular complexity index is 179. The molecule has 0 radical (unpaired) electrons. The molecule has 2 atom stereocenters. The van der Waals surface area contributed by atoms with Gasteiger partial charge in [0, 0.05) is 0 Å². The molecule has 64 valence electrons. The van der Waals surface area contributed by atoms with Gasteiger partial charge in [-0.2, -0.15) is 0 Å². The van der Waals surface area contributed by atoms with Gasteiger partial charge >= 0.3 is 0 Å². The van der Waals surface area contributed by atoms with E-state index in [1.807, 2.05) is 6.92 Å². The molecule has 0 aromatic carbocycles. The smallest absolute Gasteiger partial charge is 0.0639 e. The van der Waals surface area contributed by atoms with E-state index in [9.17, 15) is 0 Å². The SMILES string of the molecule is C/C(=C\C1C(C)C1(C)C)CO. The summed E-state index contributed by atoms with van der Waals surface area (Å²) in [5, 5.41) is 8.80. The van der Waals surface area contributed by atoms with Crippen LogP contribution >= 0.6 is 0 Å². The molecule has 2 unspecified atom stereocenters. The van der Waals surface area contributed by atoms with Crippen LogP contribution in [0.15, 0.2) is 11.6 Å². The number of aliphatic hydroxyl groups is 1. The van der Waals surface area contributed by atoms with Crippen LogP contribution in [0.4, 0.5) is 0 Å². The second-order valence-corrected chi connectivity index (χ2v) is 4.31. The van der Waals surface area contributed by atoms with Crippen molar-refractivity contribution >= 4 is 0 Å². The van der Waals surface area contributed by atoms with Gasteiger partial charge in [-0.05, 0) is 24.2 Å². The third-order valence-electron chi connectivity index (χ3n) is 3.18. The third-order valence-corrected chi connectivity index (χ3v) is 3.18. The standard InChI is InChI=1S/C10H18O/c1-7(6-11)5-9-8(2)10(9,3)4/h5,8-9,11H,6H2,1-4H3/b7-5+. The highest BCUT2D eigenvalue weighted by Gasteiger charge is 2.52. The minimum Gasteiger partial charge on any atom is -0.392 e. The molecular formula is C10H18O. The van der Waals surface area contributed by atoms with Crippen LogP contribution in [0.25, 0.3) is 0 Å². The Morgan fingerprint density at radius 2 is 2.00 bits per heavy atom. The van der Waals surface area contributed by atoms with Crippen LogP contribution in [-0.4, -0.2) is 11.7 Å². The van der Waals surface area contributed by atoms with Crippen molar-refractivity contribution in [3.05, 3.63) is 11.6 Å². The zero-order chi connectivity index (χ0) is 8.65. The van der Waals surface area contributed by atoms with Crippen molar-refractivity contribution < 1.29 is 5.11 Å². The normalized spacial score (nSPS) is 35.5. The molecular weight excluding hydrogens is 136 g/mol. The second-order valence-electron chi connectivity index (χ2n) is 4.31. The number of hydrogen-bond acceptors (Lipinski definition) is 1. The van der Waals surface area contributed by atoms with Crippen LogP contribution in [-0.2, 0) is 0 Å². The van der Waals surface area contributed by atoms with Gasteiger partial charge < -0.3 is 5.11 Å². The molecule has 1 rings (SSSR count). The summed E-state index contributed by atoms with van der Waals surface area (Å²) in [6.07, 6.45) is 2.21. The lowest BCUT2D eigenvalue weighted by molar-refractivity contribution is 0.330. The molecule has 1 heteroatoms. The summed E-state index contributed by atoms with van der Waals surface area (Å²) >= 11 is 0. The van der Waals surface area contributed by atoms with Crippen LogP contribution in [0, 0.1) is 17.3 Å². The first kappa shape index (κ1) is 8.79. The molecule has 0 bridgehead atoms. The summed E-state index contributed by atoms with van der Waals surface area (Å²) < 4.78 is 0. The Morgan fingerprint density at radius 3 is 2.27 bits per heavy atom. The van der Waals surface area contributed by atoms with Crippen molar-refractivity contribution in [2.24, 2.45) is 17.3 Å². The molecule has 0 spiro atoms. The van der Waals surface area contributed by atoms with Crippen molar-refractivity contribution in [3.63, 3.8) is 0 Å². The van der Waals surface area contributed by atoms with E-state index in [2.05, 4.69) is 26.8 Å². The fraction of sp³-hybridized carbons (Fsp3) is 0.800. The Labute approximate surface area is 69.1 Å². The summed E-state index contributed by atoms with van der Waals surface area (Å²) in [5.41, 5.74) is 1.57. The van der Waals surface area contributed by atoms with E-state index >= 15 is 0 Å². The lowest BCUT2D eigenvalue weighted by Crippen LogP contribution is -1.90. The van der Waals surface area contributed by atoms with Crippen LogP contribution < -0.4 is 0 Å². The summed E-state index contributed by atoms with van der Waals surface area (Å²) in [6, 6.07) is 0. The average Bonchev–Trinajstić information content (AvgIpc) is 2.39. The summed E-state index contributed by atoms with van der Waals surface area (Å²) in [5.74, 6) is 1.47. The molecule has 0 aliphatic heterocycles. The predicted octanol–water partition coefficient (Wildman–Crippen LogP) is 2.22. The topological polar surface area (TPSA) is 20.2 Å². The molecule has 1 nitrogen and oxygen atoms in total. The molecule has 1 N–H and O–H groups in total. The maximum atomic E-state index is 8.80. The summed E-state index contributed by atoms with van der Waals surface area (Å²) in [7, 11) is 0. The van der Waals surface area contributed by atoms with E-state index < -0.39 is 0 Å². The van der Waals surface area contributed by atoms with Gasteiger partial charge in [0.1, 0.15) is 0 Å². The highest BCUT2D eigenvalue weighted by molar-refractivity contribution is 5.16. The molecule has 0 amide bonds. The van der Waals surface area contributed by atoms with Crippen LogP contribution in [0.3, 0.4) is 0 Å². The maximum Gasteiger partial charge on any atom is 0.0639 e. The van der Waals surface area contributed by atoms with Gasteiger partial charge in [-0.1, -0.05) is 32.4 Å². The minimum atomic E-state index is 0.208. The Morgan fingerprint density at radius 1 is 1.55 bits per heavy atom. The lowest BCUT2D eigenvalue weighted by Gasteiger charge is -1.98. The maximum absolute atomic E-state index is 8.80. The fourth-order valence-corrected chi connectivity index (χ4v) is 1.66. The molecule has 0 heterocycles. The number of rotatable bonds is 2. The monoisotopic (exact) mass is 154 g/mol. The van der Waals surface area contributed by atoms with E-state index in [0.717, 1.165) is 11.5 Å². The first-order chi connectivity index (χ1) is 5.00. The summed E-state index contributed by atoms with van der Waals surface area (Å²) in [6.45, 7) is 9.03. The van der Waals surface area contributed by atoms with E-state index in [1.165, 1.54) is 0 Å². The Kier molecular flexibility index (Phi) is 2.10. The Hall–Kier alpha value is -0.300. The van der Waals surface area contributed by atoms with Gasteiger partial charge in [0.2, 0.25) is 0 Å². The molecule has 0 saturated heterocycles. The van der Waals surface area contributed by atoms with Crippen molar-refractivity contribution in [3.8, 4) is 0 Å². The second kappa shape index (κ2) is 2.63. The third kappa shape index (κ3) is 1.48. The fourth-order valence-electron chi connectivity index (χ4n) is 1.66. The van der Waals surface area contributed by atoms with Gasteiger partial charge in [-0.25, -0.2) is 0 Å². The molecule has 1 fully saturated rings. The molecule has 11 heavy (non-hydrogen) atoms. The van der Waals surface area contributed by atoms with E-state index in [-0.39, 0.29) is 6.61 Å². The van der Waals surface area contributed by atoms with Crippen molar-refractivity contribution in [2.45, 2.75) is 27.7 Å². The number of allylic oxidation sites excluding steroid dienone is 1. The minimum absolute atomic E-state index is 0.208. The number of hydrogen-bond donors (Lipinski definition) is 1. The van der Waals surface area contributed by atoms with Crippen molar-refractivity contribution in [1.82, 2.24) is 0 Å². The zero-order valence-corrected chi connectivity index (χ0v) is 7.89. The van der Waals surface area contributed by atoms with Crippen molar-refractivity contribution in [1.29, 1.82) is 0 Å². The van der Waals surface area contributed by atoms with Crippen LogP contribution in [0.2, 0.25) is 0 Å². The van der Waals surface area contributed by atoms with Gasteiger partial charge in [-0.3, -0.25) is 0 Å². The summed E-state index contributed by atoms with van der Waals surface area (Å²) in [4.78, 5) is 0. The van der Waals surface area contributed by atoms with Crippen molar-refractivity contribution in [2.75, 3.05) is 6.61 Å². The van der Waals surface area contributed by atoms with Gasteiger partial charge in [-0.15, -0.1) is 0 Å². The zero-order valence-electron chi connectivity index (χ0n) is 7.89. The van der Waals surface area contributed by atoms with Crippen LogP contribution in [0.5, 0.6) is 0 Å². The molecule has 0 aromatic rings. The Balaban J connectivity index is 2.55. The average molecular weight is 154 g/mol. The van der Waals surface area contributed by atoms with E-state index in [4.69, 9.17) is 5.11 Å². The van der Waals surface area contributed by atoms with Crippen LogP contribution in [0.1, 0.15) is 27.7 Å². The predicted molar refractivity (Wildman–Crippen MR) is 47.3 cm³/mol. The molecule has 1 aliphatic rings. The molecule has 1 aliphatic carbocycles. The first-order valence-corrected chi connectivity index (χ1v) is 4.28. The highest BCUT2D eigenvalue weighted by Crippen LogP contribution is 2.58. The first-order valence-electron chi connectivity index (χ1n) is 4.28. The highest BCUT2D eigenvalue weighted by atomic mass is 16.3.